The average Bonchev–Trinajstić information content (AvgIpc) is 3.40. The summed E-state index contributed by atoms with van der Waals surface area (Å²) in [6.45, 7) is 2.58. The molecule has 0 aliphatic carbocycles. The van der Waals surface area contributed by atoms with Crippen molar-refractivity contribution in [2.24, 2.45) is 0 Å². The van der Waals surface area contributed by atoms with E-state index in [1.807, 2.05) is 78.9 Å². The third kappa shape index (κ3) is 5.34. The van der Waals surface area contributed by atoms with Crippen molar-refractivity contribution in [1.29, 1.82) is 0 Å². The molecule has 0 spiro atoms. The summed E-state index contributed by atoms with van der Waals surface area (Å²) in [6, 6.07) is 33.9. The number of carbonyl (C=O) groups is 3. The average molecular weight is 573 g/mol. The summed E-state index contributed by atoms with van der Waals surface area (Å²) in [5.74, 6) is -0.671. The van der Waals surface area contributed by atoms with Crippen molar-refractivity contribution in [3.8, 4) is 21.6 Å². The van der Waals surface area contributed by atoms with Crippen molar-refractivity contribution < 1.29 is 19.1 Å². The molecule has 1 aromatic heterocycles. The van der Waals surface area contributed by atoms with Gasteiger partial charge in [-0.1, -0.05) is 66.7 Å². The number of para-hydroxylation sites is 1. The Kier molecular flexibility index (Phi) is 7.66. The number of hydrogen-bond acceptors (Lipinski definition) is 5. The third-order valence-corrected chi connectivity index (χ3v) is 8.41. The molecule has 0 radical (unpaired) electrons. The van der Waals surface area contributed by atoms with Gasteiger partial charge in [-0.25, -0.2) is 4.79 Å². The molecule has 2 heterocycles. The first-order chi connectivity index (χ1) is 20.5. The summed E-state index contributed by atoms with van der Waals surface area (Å²) in [5.41, 5.74) is 6.25. The van der Waals surface area contributed by atoms with Crippen molar-refractivity contribution in [2.45, 2.75) is 13.3 Å². The van der Waals surface area contributed by atoms with E-state index in [2.05, 4.69) is 5.32 Å². The number of thiophene rings is 1. The van der Waals surface area contributed by atoms with Gasteiger partial charge in [0.15, 0.2) is 0 Å². The SMILES string of the molecule is CCOC(=O)c1cc2c(s1)-c1ccccc1N(C(=O)c1ccc(NC(=O)c3ccccc3-c3ccccc3)cc1)CC2. The normalized spacial score (nSPS) is 12.1. The molecule has 1 N–H and O–H groups in total. The Morgan fingerprint density at radius 2 is 1.52 bits per heavy atom. The van der Waals surface area contributed by atoms with Crippen LogP contribution in [0.5, 0.6) is 0 Å². The van der Waals surface area contributed by atoms with Crippen LogP contribution in [0.1, 0.15) is 42.9 Å². The number of fused-ring (bicyclic) bond motifs is 3. The van der Waals surface area contributed by atoms with Crippen molar-refractivity contribution in [3.05, 3.63) is 131 Å². The van der Waals surface area contributed by atoms with E-state index in [9.17, 15) is 14.4 Å². The first-order valence-electron chi connectivity index (χ1n) is 13.8. The van der Waals surface area contributed by atoms with E-state index in [1.165, 1.54) is 11.3 Å². The zero-order valence-corrected chi connectivity index (χ0v) is 23.8. The maximum Gasteiger partial charge on any atom is 0.348 e. The van der Waals surface area contributed by atoms with Gasteiger partial charge in [-0.2, -0.15) is 0 Å². The van der Waals surface area contributed by atoms with Gasteiger partial charge in [0, 0.05) is 33.8 Å². The second-order valence-corrected chi connectivity index (χ2v) is 10.9. The molecule has 7 heteroatoms. The lowest BCUT2D eigenvalue weighted by molar-refractivity contribution is 0.0531. The lowest BCUT2D eigenvalue weighted by Gasteiger charge is -2.23. The van der Waals surface area contributed by atoms with E-state index in [0.29, 0.717) is 41.3 Å². The molecule has 2 amide bonds. The molecule has 1 aliphatic heterocycles. The van der Waals surface area contributed by atoms with Gasteiger partial charge in [-0.05, 0) is 72.5 Å². The number of nitrogens with zero attached hydrogens (tertiary/aromatic N) is 1. The molecule has 1 aliphatic rings. The first-order valence-corrected chi connectivity index (χ1v) is 14.6. The van der Waals surface area contributed by atoms with Crippen molar-refractivity contribution in [3.63, 3.8) is 0 Å². The Labute approximate surface area is 248 Å². The lowest BCUT2D eigenvalue weighted by Crippen LogP contribution is -2.32. The first kappa shape index (κ1) is 27.2. The Bertz CT molecular complexity index is 1780. The second kappa shape index (κ2) is 11.8. The van der Waals surface area contributed by atoms with E-state index >= 15 is 0 Å². The fourth-order valence-electron chi connectivity index (χ4n) is 5.21. The minimum absolute atomic E-state index is 0.129. The molecule has 4 aromatic carbocycles. The Morgan fingerprint density at radius 1 is 0.833 bits per heavy atom. The van der Waals surface area contributed by atoms with Crippen molar-refractivity contribution in [2.75, 3.05) is 23.4 Å². The van der Waals surface area contributed by atoms with Crippen molar-refractivity contribution >= 4 is 40.5 Å². The molecule has 208 valence electrons. The monoisotopic (exact) mass is 572 g/mol. The number of esters is 1. The molecule has 6 nitrogen and oxygen atoms in total. The van der Waals surface area contributed by atoms with Crippen LogP contribution in [-0.4, -0.2) is 30.9 Å². The highest BCUT2D eigenvalue weighted by atomic mass is 32.1. The van der Waals surface area contributed by atoms with Gasteiger partial charge in [0.2, 0.25) is 0 Å². The smallest absolute Gasteiger partial charge is 0.348 e. The Hall–Kier alpha value is -5.01. The van der Waals surface area contributed by atoms with Crippen LogP contribution >= 0.6 is 11.3 Å². The predicted octanol–water partition coefficient (Wildman–Crippen LogP) is 7.71. The fourth-order valence-corrected chi connectivity index (χ4v) is 6.35. The zero-order chi connectivity index (χ0) is 29.1. The highest BCUT2D eigenvalue weighted by molar-refractivity contribution is 7.17. The zero-order valence-electron chi connectivity index (χ0n) is 23.0. The summed E-state index contributed by atoms with van der Waals surface area (Å²) in [7, 11) is 0. The molecule has 42 heavy (non-hydrogen) atoms. The van der Waals surface area contributed by atoms with Gasteiger partial charge in [-0.3, -0.25) is 9.59 Å². The van der Waals surface area contributed by atoms with Gasteiger partial charge < -0.3 is 15.0 Å². The van der Waals surface area contributed by atoms with E-state index in [4.69, 9.17) is 4.74 Å². The van der Waals surface area contributed by atoms with Crippen LogP contribution in [0.3, 0.4) is 0 Å². The highest BCUT2D eigenvalue weighted by Gasteiger charge is 2.27. The van der Waals surface area contributed by atoms with Crippen molar-refractivity contribution in [1.82, 2.24) is 0 Å². The van der Waals surface area contributed by atoms with Gasteiger partial charge in [0.05, 0.1) is 12.3 Å². The predicted molar refractivity (Wildman–Crippen MR) is 167 cm³/mol. The molecule has 0 unspecified atom stereocenters. The molecule has 6 rings (SSSR count). The molecular weight excluding hydrogens is 544 g/mol. The number of ether oxygens (including phenoxy) is 1. The van der Waals surface area contributed by atoms with E-state index < -0.39 is 0 Å². The number of benzene rings is 4. The third-order valence-electron chi connectivity index (χ3n) is 7.22. The standard InChI is InChI=1S/C35H28N2O4S/c1-2-41-35(40)31-22-25-20-21-37(30-15-9-8-14-29(30)32(25)42-31)34(39)24-16-18-26(19-17-24)36-33(38)28-13-7-6-12-27(28)23-10-4-3-5-11-23/h3-19,22H,2,20-21H2,1H3,(H,36,38). The van der Waals surface area contributed by atoms with Gasteiger partial charge >= 0.3 is 5.97 Å². The number of hydrogen-bond donors (Lipinski definition) is 1. The summed E-state index contributed by atoms with van der Waals surface area (Å²) < 4.78 is 5.21. The van der Waals surface area contributed by atoms with Crippen LogP contribution in [0.15, 0.2) is 109 Å². The van der Waals surface area contributed by atoms with Crippen LogP contribution in [0.25, 0.3) is 21.6 Å². The number of nitrogens with one attached hydrogen (secondary N) is 1. The Balaban J connectivity index is 1.22. The lowest BCUT2D eigenvalue weighted by atomic mass is 9.99. The summed E-state index contributed by atoms with van der Waals surface area (Å²) in [4.78, 5) is 42.7. The number of rotatable bonds is 6. The fraction of sp³-hybridized carbons (Fsp3) is 0.114. The van der Waals surface area contributed by atoms with Crippen LogP contribution < -0.4 is 10.2 Å². The molecular formula is C35H28N2O4S. The topological polar surface area (TPSA) is 75.7 Å². The second-order valence-electron chi connectivity index (χ2n) is 9.85. The molecule has 0 saturated heterocycles. The minimum Gasteiger partial charge on any atom is -0.462 e. The number of carbonyl (C=O) groups excluding carboxylic acids is 3. The van der Waals surface area contributed by atoms with Gasteiger partial charge in [0.1, 0.15) is 4.88 Å². The van der Waals surface area contributed by atoms with E-state index in [-0.39, 0.29) is 17.8 Å². The molecule has 0 atom stereocenters. The summed E-state index contributed by atoms with van der Waals surface area (Å²) in [6.07, 6.45) is 0.612. The number of amides is 2. The molecule has 0 bridgehead atoms. The van der Waals surface area contributed by atoms with E-state index in [1.54, 1.807) is 42.2 Å². The minimum atomic E-state index is -0.322. The van der Waals surface area contributed by atoms with Gasteiger partial charge in [-0.15, -0.1) is 11.3 Å². The molecule has 0 fully saturated rings. The maximum atomic E-state index is 13.8. The quantitative estimate of drug-likeness (QED) is 0.212. The van der Waals surface area contributed by atoms with Crippen LogP contribution in [-0.2, 0) is 11.2 Å². The highest BCUT2D eigenvalue weighted by Crippen LogP contribution is 2.42. The van der Waals surface area contributed by atoms with Crippen LogP contribution in [0, 0.1) is 0 Å². The van der Waals surface area contributed by atoms with E-state index in [0.717, 1.165) is 32.8 Å². The summed E-state index contributed by atoms with van der Waals surface area (Å²) >= 11 is 1.40. The van der Waals surface area contributed by atoms with Gasteiger partial charge in [0.25, 0.3) is 11.8 Å². The molecule has 0 saturated carbocycles. The molecule has 5 aromatic rings. The van der Waals surface area contributed by atoms with Crippen LogP contribution in [0.4, 0.5) is 11.4 Å². The number of anilines is 2. The summed E-state index contributed by atoms with van der Waals surface area (Å²) in [5, 5.41) is 2.97. The van der Waals surface area contributed by atoms with Crippen LogP contribution in [0.2, 0.25) is 0 Å². The largest absolute Gasteiger partial charge is 0.462 e. The maximum absolute atomic E-state index is 13.8. The Morgan fingerprint density at radius 3 is 2.29 bits per heavy atom.